The Kier molecular flexibility index (Phi) is 5.09. The molecule has 1 aromatic rings. The Morgan fingerprint density at radius 1 is 1.57 bits per heavy atom. The van der Waals surface area contributed by atoms with E-state index in [9.17, 15) is 14.9 Å². The summed E-state index contributed by atoms with van der Waals surface area (Å²) in [5.74, 6) is 0.367. The molecule has 0 N–H and O–H groups in total. The molecule has 0 aromatic carbocycles. The van der Waals surface area contributed by atoms with Crippen LogP contribution in [0.2, 0.25) is 5.02 Å². The van der Waals surface area contributed by atoms with Crippen molar-refractivity contribution in [1.82, 2.24) is 4.98 Å². The monoisotopic (exact) mass is 341 g/mol. The summed E-state index contributed by atoms with van der Waals surface area (Å²) in [4.78, 5) is 28.4. The molecule has 7 nitrogen and oxygen atoms in total. The molecular weight excluding hydrogens is 322 g/mol. The molecule has 0 amide bonds. The molecule has 1 atom stereocenters. The maximum absolute atomic E-state index is 12.0. The zero-order chi connectivity index (χ0) is 17.2. The van der Waals surface area contributed by atoms with Gasteiger partial charge in [-0.25, -0.2) is 4.98 Å². The Morgan fingerprint density at radius 2 is 2.26 bits per heavy atom. The van der Waals surface area contributed by atoms with E-state index in [2.05, 4.69) is 4.98 Å². The lowest BCUT2D eigenvalue weighted by molar-refractivity contribution is -0.385. The van der Waals surface area contributed by atoms with E-state index in [1.165, 1.54) is 19.4 Å². The maximum Gasteiger partial charge on any atom is 0.311 e. The quantitative estimate of drug-likeness (QED) is 0.475. The number of ether oxygens (including phenoxy) is 1. The second-order valence-electron chi connectivity index (χ2n) is 6.25. The highest BCUT2D eigenvalue weighted by Gasteiger charge is 2.40. The molecule has 1 aromatic heterocycles. The molecule has 1 saturated heterocycles. The van der Waals surface area contributed by atoms with E-state index >= 15 is 0 Å². The van der Waals surface area contributed by atoms with Gasteiger partial charge in [-0.15, -0.1) is 0 Å². The van der Waals surface area contributed by atoms with Crippen molar-refractivity contribution in [3.63, 3.8) is 0 Å². The molecule has 2 rings (SSSR count). The molecule has 2 heterocycles. The van der Waals surface area contributed by atoms with E-state index in [1.54, 1.807) is 0 Å². The number of carbonyl (C=O) groups excluding carboxylic acids is 1. The number of piperidine rings is 1. The Balaban J connectivity index is 2.22. The van der Waals surface area contributed by atoms with Crippen LogP contribution in [0.15, 0.2) is 12.3 Å². The van der Waals surface area contributed by atoms with Gasteiger partial charge in [0.05, 0.1) is 22.5 Å². The SMILES string of the molecule is COC(=O)C(C)(C)C1CCCN(c2ncc([N+](=O)[O-])cc2Cl)C1. The van der Waals surface area contributed by atoms with Gasteiger partial charge in [-0.2, -0.15) is 0 Å². The van der Waals surface area contributed by atoms with E-state index in [4.69, 9.17) is 16.3 Å². The second kappa shape index (κ2) is 6.70. The van der Waals surface area contributed by atoms with Crippen LogP contribution in [0, 0.1) is 21.4 Å². The highest BCUT2D eigenvalue weighted by Crippen LogP contribution is 2.37. The van der Waals surface area contributed by atoms with Crippen LogP contribution in [-0.4, -0.2) is 36.1 Å². The van der Waals surface area contributed by atoms with E-state index in [1.807, 2.05) is 18.7 Å². The van der Waals surface area contributed by atoms with Gasteiger partial charge in [0.2, 0.25) is 0 Å². The van der Waals surface area contributed by atoms with Crippen molar-refractivity contribution in [2.75, 3.05) is 25.1 Å². The smallest absolute Gasteiger partial charge is 0.311 e. The normalized spacial score (nSPS) is 18.6. The third-order valence-electron chi connectivity index (χ3n) is 4.47. The summed E-state index contributed by atoms with van der Waals surface area (Å²) < 4.78 is 4.90. The number of rotatable bonds is 4. The van der Waals surface area contributed by atoms with Crippen LogP contribution in [0.25, 0.3) is 0 Å². The van der Waals surface area contributed by atoms with Gasteiger partial charge in [-0.1, -0.05) is 11.6 Å². The average Bonchev–Trinajstić information content (AvgIpc) is 2.53. The maximum atomic E-state index is 12.0. The minimum Gasteiger partial charge on any atom is -0.469 e. The van der Waals surface area contributed by atoms with Crippen LogP contribution in [0.1, 0.15) is 26.7 Å². The number of anilines is 1. The predicted molar refractivity (Wildman–Crippen MR) is 86.6 cm³/mol. The van der Waals surface area contributed by atoms with Crippen molar-refractivity contribution in [1.29, 1.82) is 0 Å². The first kappa shape index (κ1) is 17.5. The van der Waals surface area contributed by atoms with Gasteiger partial charge in [0.25, 0.3) is 5.69 Å². The second-order valence-corrected chi connectivity index (χ2v) is 6.66. The highest BCUT2D eigenvalue weighted by atomic mass is 35.5. The number of carbonyl (C=O) groups is 1. The molecule has 126 valence electrons. The number of methoxy groups -OCH3 is 1. The lowest BCUT2D eigenvalue weighted by atomic mass is 9.74. The Hall–Kier alpha value is -1.89. The molecule has 1 fully saturated rings. The molecule has 8 heteroatoms. The third kappa shape index (κ3) is 3.55. The molecule has 1 aliphatic heterocycles. The van der Waals surface area contributed by atoms with Crippen molar-refractivity contribution >= 4 is 29.1 Å². The molecule has 23 heavy (non-hydrogen) atoms. The topological polar surface area (TPSA) is 85.6 Å². The Labute approximate surface area is 139 Å². The van der Waals surface area contributed by atoms with E-state index in [-0.39, 0.29) is 22.6 Å². The molecule has 0 spiro atoms. The molecule has 0 saturated carbocycles. The molecule has 0 bridgehead atoms. The number of pyridine rings is 1. The summed E-state index contributed by atoms with van der Waals surface area (Å²) in [7, 11) is 1.39. The summed E-state index contributed by atoms with van der Waals surface area (Å²) in [6.07, 6.45) is 3.00. The Morgan fingerprint density at radius 3 is 2.83 bits per heavy atom. The zero-order valence-electron chi connectivity index (χ0n) is 13.4. The van der Waals surface area contributed by atoms with Gasteiger partial charge in [-0.05, 0) is 32.6 Å². The summed E-state index contributed by atoms with van der Waals surface area (Å²) in [5.41, 5.74) is -0.747. The molecule has 0 radical (unpaired) electrons. The Bertz CT molecular complexity index is 621. The fraction of sp³-hybridized carbons (Fsp3) is 0.600. The summed E-state index contributed by atoms with van der Waals surface area (Å²) in [5, 5.41) is 11.0. The summed E-state index contributed by atoms with van der Waals surface area (Å²) >= 11 is 6.16. The number of aromatic nitrogens is 1. The van der Waals surface area contributed by atoms with Crippen molar-refractivity contribution < 1.29 is 14.5 Å². The number of halogens is 1. The summed E-state index contributed by atoms with van der Waals surface area (Å²) in [6.45, 7) is 5.10. The largest absolute Gasteiger partial charge is 0.469 e. The van der Waals surface area contributed by atoms with Gasteiger partial charge in [0.1, 0.15) is 12.0 Å². The lowest BCUT2D eigenvalue weighted by Gasteiger charge is -2.40. The molecular formula is C15H20ClN3O4. The number of hydrogen-bond acceptors (Lipinski definition) is 6. The van der Waals surface area contributed by atoms with Crippen molar-refractivity contribution in [2.45, 2.75) is 26.7 Å². The van der Waals surface area contributed by atoms with Crippen LogP contribution in [0.3, 0.4) is 0 Å². The zero-order valence-corrected chi connectivity index (χ0v) is 14.2. The lowest BCUT2D eigenvalue weighted by Crippen LogP contribution is -2.45. The van der Waals surface area contributed by atoms with Crippen molar-refractivity contribution in [3.05, 3.63) is 27.4 Å². The van der Waals surface area contributed by atoms with Crippen LogP contribution in [0.5, 0.6) is 0 Å². The van der Waals surface area contributed by atoms with Crippen molar-refractivity contribution in [3.8, 4) is 0 Å². The van der Waals surface area contributed by atoms with E-state index < -0.39 is 10.3 Å². The number of nitro groups is 1. The first-order chi connectivity index (χ1) is 10.8. The van der Waals surface area contributed by atoms with Gasteiger partial charge >= 0.3 is 5.97 Å². The van der Waals surface area contributed by atoms with Gasteiger partial charge in [0.15, 0.2) is 0 Å². The van der Waals surface area contributed by atoms with Crippen LogP contribution in [0.4, 0.5) is 11.5 Å². The fourth-order valence-corrected chi connectivity index (χ4v) is 3.22. The van der Waals surface area contributed by atoms with E-state index in [0.29, 0.717) is 12.4 Å². The standard InChI is InChI=1S/C15H20ClN3O4/c1-15(2,14(20)23-3)10-5-4-6-18(9-10)13-12(16)7-11(8-17-13)19(21)22/h7-8,10H,4-6,9H2,1-3H3. The number of nitrogens with zero attached hydrogens (tertiary/aromatic N) is 3. The third-order valence-corrected chi connectivity index (χ3v) is 4.75. The van der Waals surface area contributed by atoms with Crippen LogP contribution in [-0.2, 0) is 9.53 Å². The highest BCUT2D eigenvalue weighted by molar-refractivity contribution is 6.33. The number of hydrogen-bond donors (Lipinski definition) is 0. The minimum absolute atomic E-state index is 0.0942. The molecule has 1 unspecified atom stereocenters. The van der Waals surface area contributed by atoms with Gasteiger partial charge in [0, 0.05) is 19.2 Å². The summed E-state index contributed by atoms with van der Waals surface area (Å²) in [6, 6.07) is 1.30. The van der Waals surface area contributed by atoms with Gasteiger partial charge in [-0.3, -0.25) is 14.9 Å². The fourth-order valence-electron chi connectivity index (χ4n) is 2.94. The van der Waals surface area contributed by atoms with Crippen LogP contribution >= 0.6 is 11.6 Å². The van der Waals surface area contributed by atoms with Crippen LogP contribution < -0.4 is 4.90 Å². The first-order valence-electron chi connectivity index (χ1n) is 7.40. The number of esters is 1. The molecule has 1 aliphatic rings. The van der Waals surface area contributed by atoms with Crippen molar-refractivity contribution in [2.24, 2.45) is 11.3 Å². The predicted octanol–water partition coefficient (Wildman–Crippen LogP) is 3.06. The average molecular weight is 342 g/mol. The minimum atomic E-state index is -0.610. The molecule has 0 aliphatic carbocycles. The van der Waals surface area contributed by atoms with E-state index in [0.717, 1.165) is 19.4 Å². The first-order valence-corrected chi connectivity index (χ1v) is 7.78. The van der Waals surface area contributed by atoms with Gasteiger partial charge < -0.3 is 9.64 Å².